The van der Waals surface area contributed by atoms with E-state index in [1.807, 2.05) is 16.9 Å². The summed E-state index contributed by atoms with van der Waals surface area (Å²) in [6.07, 6.45) is 2.44. The third-order valence-electron chi connectivity index (χ3n) is 3.97. The van der Waals surface area contributed by atoms with Gasteiger partial charge in [0.1, 0.15) is 17.8 Å². The average Bonchev–Trinajstić information content (AvgIpc) is 3.28. The molecule has 0 aliphatic heterocycles. The molecule has 0 atom stereocenters. The van der Waals surface area contributed by atoms with Crippen molar-refractivity contribution in [2.75, 3.05) is 11.9 Å². The first-order valence-electron chi connectivity index (χ1n) is 8.40. The maximum Gasteiger partial charge on any atom is 0.270 e. The monoisotopic (exact) mass is 418 g/mol. The second-order valence-corrected chi connectivity index (χ2v) is 6.85. The van der Waals surface area contributed by atoms with Crippen molar-refractivity contribution in [2.24, 2.45) is 5.16 Å². The average molecular weight is 418 g/mol. The molecule has 150 valence electrons. The van der Waals surface area contributed by atoms with Gasteiger partial charge in [0.2, 0.25) is 5.78 Å². The molecule has 0 aliphatic carbocycles. The molecule has 3 aromatic rings. The van der Waals surface area contributed by atoms with Crippen LogP contribution in [0.5, 0.6) is 0 Å². The van der Waals surface area contributed by atoms with Crippen molar-refractivity contribution < 1.29 is 23.2 Å². The Morgan fingerprint density at radius 2 is 2.10 bits per heavy atom. The zero-order valence-corrected chi connectivity index (χ0v) is 16.3. The summed E-state index contributed by atoms with van der Waals surface area (Å²) in [6.45, 7) is 3.29. The van der Waals surface area contributed by atoms with Gasteiger partial charge in [-0.25, -0.2) is 13.8 Å². The first kappa shape index (κ1) is 20.3. The molecule has 0 saturated heterocycles. The van der Waals surface area contributed by atoms with Crippen LogP contribution in [0.4, 0.5) is 14.5 Å². The molecule has 0 unspecified atom stereocenters. The minimum atomic E-state index is -0.918. The van der Waals surface area contributed by atoms with Crippen molar-refractivity contribution in [2.45, 2.75) is 13.8 Å². The van der Waals surface area contributed by atoms with Crippen molar-refractivity contribution in [1.29, 1.82) is 0 Å². The van der Waals surface area contributed by atoms with Crippen LogP contribution in [0.25, 0.3) is 5.13 Å². The van der Waals surface area contributed by atoms with Crippen LogP contribution in [-0.2, 0) is 9.63 Å². The number of ketones is 1. The molecule has 0 aliphatic rings. The van der Waals surface area contributed by atoms with Gasteiger partial charge in [-0.05, 0) is 32.0 Å². The first-order chi connectivity index (χ1) is 13.9. The Morgan fingerprint density at radius 1 is 1.31 bits per heavy atom. The maximum atomic E-state index is 13.5. The molecule has 0 bridgehead atoms. The number of halogens is 2. The fraction of sp³-hybridized carbons (Fsp3) is 0.158. The van der Waals surface area contributed by atoms with E-state index in [1.54, 1.807) is 19.2 Å². The number of aryl methyl sites for hydroxylation is 1. The first-order valence-corrected chi connectivity index (χ1v) is 9.28. The van der Waals surface area contributed by atoms with Crippen molar-refractivity contribution in [1.82, 2.24) is 9.55 Å². The Labute approximate surface area is 168 Å². The zero-order valence-electron chi connectivity index (χ0n) is 15.5. The van der Waals surface area contributed by atoms with E-state index in [0.717, 1.165) is 34.9 Å². The van der Waals surface area contributed by atoms with Gasteiger partial charge in [0.25, 0.3) is 5.91 Å². The normalized spacial score (nSPS) is 11.0. The summed E-state index contributed by atoms with van der Waals surface area (Å²) < 4.78 is 28.2. The van der Waals surface area contributed by atoms with Crippen LogP contribution >= 0.6 is 11.3 Å². The number of carbonyl (C=O) groups excluding carboxylic acids is 2. The van der Waals surface area contributed by atoms with Gasteiger partial charge in [0, 0.05) is 34.6 Å². The highest BCUT2D eigenvalue weighted by Crippen LogP contribution is 2.22. The quantitative estimate of drug-likeness (QED) is 0.361. The van der Waals surface area contributed by atoms with Crippen molar-refractivity contribution in [3.05, 3.63) is 64.4 Å². The van der Waals surface area contributed by atoms with Gasteiger partial charge in [0.05, 0.1) is 5.69 Å². The van der Waals surface area contributed by atoms with Gasteiger partial charge in [-0.1, -0.05) is 5.16 Å². The van der Waals surface area contributed by atoms with Gasteiger partial charge >= 0.3 is 0 Å². The summed E-state index contributed by atoms with van der Waals surface area (Å²) in [5.41, 5.74) is 1.84. The molecule has 1 aromatic carbocycles. The molecule has 0 fully saturated rings. The number of Topliss-reactive ketones (excluding diaryl/α,β-unsaturated/α-hetero) is 1. The van der Waals surface area contributed by atoms with Gasteiger partial charge in [-0.3, -0.25) is 14.2 Å². The molecule has 0 spiro atoms. The number of anilines is 1. The molecule has 0 saturated carbocycles. The number of carbonyl (C=O) groups is 2. The van der Waals surface area contributed by atoms with E-state index in [4.69, 9.17) is 4.84 Å². The molecule has 0 radical (unpaired) electrons. The minimum Gasteiger partial charge on any atom is -0.387 e. The van der Waals surface area contributed by atoms with Crippen molar-refractivity contribution in [3.63, 3.8) is 0 Å². The number of thiazole rings is 1. The van der Waals surface area contributed by atoms with E-state index in [9.17, 15) is 18.4 Å². The van der Waals surface area contributed by atoms with Crippen LogP contribution in [0, 0.1) is 25.5 Å². The predicted molar refractivity (Wildman–Crippen MR) is 105 cm³/mol. The largest absolute Gasteiger partial charge is 0.387 e. The summed E-state index contributed by atoms with van der Waals surface area (Å²) in [7, 11) is 0. The molecular formula is C19H16F2N4O3S. The molecule has 2 heterocycles. The van der Waals surface area contributed by atoms with E-state index in [1.165, 1.54) is 11.3 Å². The highest BCUT2D eigenvalue weighted by Gasteiger charge is 2.18. The lowest BCUT2D eigenvalue weighted by atomic mass is 10.2. The molecule has 29 heavy (non-hydrogen) atoms. The van der Waals surface area contributed by atoms with Crippen LogP contribution in [-0.4, -0.2) is 34.1 Å². The SMILES string of the molecule is Cc1cc(C(=O)CO/N=C/C(=O)Nc2ccc(F)cc2F)c(C)n1-c1nccs1. The maximum absolute atomic E-state index is 13.5. The number of rotatable bonds is 7. The van der Waals surface area contributed by atoms with Gasteiger partial charge in [-0.15, -0.1) is 11.3 Å². The Balaban J connectivity index is 1.57. The molecule has 2 aromatic heterocycles. The second kappa shape index (κ2) is 8.74. The number of nitrogens with zero attached hydrogens (tertiary/aromatic N) is 3. The smallest absolute Gasteiger partial charge is 0.270 e. The number of benzene rings is 1. The predicted octanol–water partition coefficient (Wildman–Crippen LogP) is 3.65. The van der Waals surface area contributed by atoms with E-state index in [2.05, 4.69) is 15.5 Å². The molecule has 1 N–H and O–H groups in total. The highest BCUT2D eigenvalue weighted by molar-refractivity contribution is 7.12. The molecular weight excluding hydrogens is 402 g/mol. The summed E-state index contributed by atoms with van der Waals surface area (Å²) in [6, 6.07) is 4.46. The molecule has 1 amide bonds. The Hall–Kier alpha value is -3.40. The van der Waals surface area contributed by atoms with Crippen LogP contribution in [0.2, 0.25) is 0 Å². The summed E-state index contributed by atoms with van der Waals surface area (Å²) >= 11 is 1.45. The van der Waals surface area contributed by atoms with Crippen molar-refractivity contribution >= 4 is 34.9 Å². The van der Waals surface area contributed by atoms with E-state index in [0.29, 0.717) is 11.6 Å². The second-order valence-electron chi connectivity index (χ2n) is 5.98. The van der Waals surface area contributed by atoms with Crippen molar-refractivity contribution in [3.8, 4) is 5.13 Å². The highest BCUT2D eigenvalue weighted by atomic mass is 32.1. The van der Waals surface area contributed by atoms with E-state index < -0.39 is 17.5 Å². The topological polar surface area (TPSA) is 85.6 Å². The van der Waals surface area contributed by atoms with Crippen LogP contribution in [0.15, 0.2) is 41.0 Å². The summed E-state index contributed by atoms with van der Waals surface area (Å²) in [5, 5.41) is 8.20. The number of hydrogen-bond acceptors (Lipinski definition) is 6. The fourth-order valence-electron chi connectivity index (χ4n) is 2.68. The summed E-state index contributed by atoms with van der Waals surface area (Å²) in [5.74, 6) is -2.78. The third-order valence-corrected chi connectivity index (χ3v) is 4.73. The minimum absolute atomic E-state index is 0.200. The number of amides is 1. The van der Waals surface area contributed by atoms with E-state index >= 15 is 0 Å². The van der Waals surface area contributed by atoms with Gasteiger partial charge in [0.15, 0.2) is 11.7 Å². The van der Waals surface area contributed by atoms with Crippen LogP contribution in [0.1, 0.15) is 21.7 Å². The lowest BCUT2D eigenvalue weighted by Gasteiger charge is -2.05. The fourth-order valence-corrected chi connectivity index (χ4v) is 3.43. The van der Waals surface area contributed by atoms with Gasteiger partial charge in [-0.2, -0.15) is 0 Å². The number of nitrogens with one attached hydrogen (secondary N) is 1. The Kier molecular flexibility index (Phi) is 6.13. The molecule has 7 nitrogen and oxygen atoms in total. The Bertz CT molecular complexity index is 1080. The van der Waals surface area contributed by atoms with Crippen LogP contribution in [0.3, 0.4) is 0 Å². The third kappa shape index (κ3) is 4.72. The Morgan fingerprint density at radius 3 is 2.79 bits per heavy atom. The van der Waals surface area contributed by atoms with Crippen LogP contribution < -0.4 is 5.32 Å². The number of aromatic nitrogens is 2. The number of oxime groups is 1. The lowest BCUT2D eigenvalue weighted by molar-refractivity contribution is -0.110. The number of hydrogen-bond donors (Lipinski definition) is 1. The summed E-state index contributed by atoms with van der Waals surface area (Å²) in [4.78, 5) is 33.2. The molecule has 10 heteroatoms. The van der Waals surface area contributed by atoms with E-state index in [-0.39, 0.29) is 18.1 Å². The van der Waals surface area contributed by atoms with Gasteiger partial charge < -0.3 is 10.2 Å². The molecule has 3 rings (SSSR count). The standard InChI is InChI=1S/C19H16F2N4O3S/c1-11-7-14(12(2)25(11)19-22-5-6-29-19)17(26)10-28-23-9-18(27)24-16-4-3-13(20)8-15(16)21/h3-9H,10H2,1-2H3,(H,24,27)/b23-9+. The zero-order chi connectivity index (χ0) is 21.0. The lowest BCUT2D eigenvalue weighted by Crippen LogP contribution is -2.15.